The molecule has 0 bridgehead atoms. The average Bonchev–Trinajstić information content (AvgIpc) is 2.71. The van der Waals surface area contributed by atoms with Crippen LogP contribution in [0, 0.1) is 12.8 Å². The topological polar surface area (TPSA) is 76.0 Å². The summed E-state index contributed by atoms with van der Waals surface area (Å²) in [6.45, 7) is 4.38. The lowest BCUT2D eigenvalue weighted by Gasteiger charge is -2.23. The number of rotatable bonds is 4. The summed E-state index contributed by atoms with van der Waals surface area (Å²) in [4.78, 5) is 30.1. The molecule has 1 amide bonds. The Balaban J connectivity index is 0.00000240. The number of anilines is 1. The maximum absolute atomic E-state index is 13.0. The van der Waals surface area contributed by atoms with Crippen LogP contribution in [0.25, 0.3) is 10.9 Å². The molecule has 1 unspecified atom stereocenters. The Morgan fingerprint density at radius 3 is 2.97 bits per heavy atom. The van der Waals surface area contributed by atoms with Crippen molar-refractivity contribution >= 4 is 34.9 Å². The fourth-order valence-electron chi connectivity index (χ4n) is 3.79. The molecule has 2 aromatic heterocycles. The van der Waals surface area contributed by atoms with Crippen molar-refractivity contribution in [3.8, 4) is 0 Å². The van der Waals surface area contributed by atoms with Crippen molar-refractivity contribution in [2.75, 3.05) is 18.4 Å². The Kier molecular flexibility index (Phi) is 6.67. The second-order valence-electron chi connectivity index (χ2n) is 7.41. The molecule has 0 aliphatic carbocycles. The zero-order valence-electron chi connectivity index (χ0n) is 16.4. The monoisotopic (exact) mass is 412 g/mol. The molecule has 1 aliphatic heterocycles. The first-order valence-corrected chi connectivity index (χ1v) is 9.69. The van der Waals surface area contributed by atoms with E-state index in [1.54, 1.807) is 30.0 Å². The van der Waals surface area contributed by atoms with Crippen molar-refractivity contribution in [3.05, 3.63) is 70.3 Å². The number of amides is 1. The number of piperidine rings is 1. The number of hydrogen-bond acceptors (Lipinski definition) is 4. The van der Waals surface area contributed by atoms with Crippen LogP contribution in [-0.2, 0) is 6.54 Å². The number of aryl methyl sites for hydroxylation is 1. The Bertz CT molecular complexity index is 1070. The number of nitrogens with one attached hydrogen (secondary N) is 2. The summed E-state index contributed by atoms with van der Waals surface area (Å²) in [5.41, 5.74) is 2.17. The number of aromatic nitrogens is 2. The highest BCUT2D eigenvalue weighted by Gasteiger charge is 2.19. The standard InChI is InChI=1S/C22H24N4O2.ClH/c1-15-8-11-26(14-16-4-2-9-23-13-16)22(28)20(15)21(27)25-18-6-7-19-17(12-18)5-3-10-24-19;/h3,5-8,10-12,16,23H,2,4,9,13-14H2,1H3,(H,25,27);1H. The summed E-state index contributed by atoms with van der Waals surface area (Å²) >= 11 is 0. The van der Waals surface area contributed by atoms with Crippen LogP contribution in [0.15, 0.2) is 53.6 Å². The molecule has 2 N–H and O–H groups in total. The molecule has 0 spiro atoms. The number of carbonyl (C=O) groups excluding carboxylic acids is 1. The summed E-state index contributed by atoms with van der Waals surface area (Å²) in [5, 5.41) is 7.18. The minimum atomic E-state index is -0.373. The molecule has 3 heterocycles. The molecule has 4 rings (SSSR count). The van der Waals surface area contributed by atoms with Gasteiger partial charge in [0.05, 0.1) is 5.52 Å². The molecule has 1 aliphatic rings. The SMILES string of the molecule is Cc1ccn(CC2CCCNC2)c(=O)c1C(=O)Nc1ccc2ncccc2c1.Cl. The largest absolute Gasteiger partial charge is 0.322 e. The van der Waals surface area contributed by atoms with Gasteiger partial charge in [-0.1, -0.05) is 6.07 Å². The highest BCUT2D eigenvalue weighted by atomic mass is 35.5. The molecule has 0 radical (unpaired) electrons. The Hall–Kier alpha value is -2.70. The lowest BCUT2D eigenvalue weighted by atomic mass is 9.99. The lowest BCUT2D eigenvalue weighted by Crippen LogP contribution is -2.36. The number of nitrogens with zero attached hydrogens (tertiary/aromatic N) is 2. The van der Waals surface area contributed by atoms with Gasteiger partial charge in [-0.05, 0) is 74.7 Å². The number of halogens is 1. The number of carbonyl (C=O) groups is 1. The fraction of sp³-hybridized carbons (Fsp3) is 0.318. The van der Waals surface area contributed by atoms with Gasteiger partial charge in [0.15, 0.2) is 0 Å². The van der Waals surface area contributed by atoms with E-state index in [2.05, 4.69) is 15.6 Å². The number of fused-ring (bicyclic) bond motifs is 1. The summed E-state index contributed by atoms with van der Waals surface area (Å²) < 4.78 is 1.67. The van der Waals surface area contributed by atoms with Gasteiger partial charge < -0.3 is 15.2 Å². The third-order valence-electron chi connectivity index (χ3n) is 5.32. The maximum atomic E-state index is 13.0. The van der Waals surface area contributed by atoms with Crippen LogP contribution in [0.1, 0.15) is 28.8 Å². The Labute approximate surface area is 175 Å². The van der Waals surface area contributed by atoms with Gasteiger partial charge in [-0.25, -0.2) is 0 Å². The van der Waals surface area contributed by atoms with Crippen LogP contribution in [0.4, 0.5) is 5.69 Å². The molecule has 3 aromatic rings. The average molecular weight is 413 g/mol. The summed E-state index contributed by atoms with van der Waals surface area (Å²) in [6.07, 6.45) is 5.75. The third kappa shape index (κ3) is 4.66. The molecule has 1 fully saturated rings. The van der Waals surface area contributed by atoms with Crippen LogP contribution in [0.3, 0.4) is 0 Å². The van der Waals surface area contributed by atoms with E-state index < -0.39 is 0 Å². The fourth-order valence-corrected chi connectivity index (χ4v) is 3.79. The summed E-state index contributed by atoms with van der Waals surface area (Å²) in [5.74, 6) is 0.0416. The van der Waals surface area contributed by atoms with E-state index in [0.717, 1.165) is 36.8 Å². The molecular weight excluding hydrogens is 388 g/mol. The third-order valence-corrected chi connectivity index (χ3v) is 5.32. The second-order valence-corrected chi connectivity index (χ2v) is 7.41. The van der Waals surface area contributed by atoms with E-state index in [9.17, 15) is 9.59 Å². The van der Waals surface area contributed by atoms with Gasteiger partial charge in [-0.3, -0.25) is 14.6 Å². The number of hydrogen-bond donors (Lipinski definition) is 2. The van der Waals surface area contributed by atoms with Gasteiger partial charge in [-0.2, -0.15) is 0 Å². The van der Waals surface area contributed by atoms with Gasteiger partial charge in [0.2, 0.25) is 0 Å². The zero-order valence-corrected chi connectivity index (χ0v) is 17.2. The van der Waals surface area contributed by atoms with Gasteiger partial charge >= 0.3 is 0 Å². The Morgan fingerprint density at radius 1 is 1.31 bits per heavy atom. The van der Waals surface area contributed by atoms with Crippen molar-refractivity contribution in [1.82, 2.24) is 14.9 Å². The molecule has 1 saturated heterocycles. The highest BCUT2D eigenvalue weighted by molar-refractivity contribution is 6.05. The second kappa shape index (κ2) is 9.20. The van der Waals surface area contributed by atoms with Crippen molar-refractivity contribution in [1.29, 1.82) is 0 Å². The first-order valence-electron chi connectivity index (χ1n) is 9.69. The first-order chi connectivity index (χ1) is 13.6. The molecule has 152 valence electrons. The van der Waals surface area contributed by atoms with Crippen LogP contribution in [0.5, 0.6) is 0 Å². The van der Waals surface area contributed by atoms with E-state index in [1.807, 2.05) is 30.3 Å². The predicted octanol–water partition coefficient (Wildman–Crippen LogP) is 3.38. The van der Waals surface area contributed by atoms with Crippen LogP contribution >= 0.6 is 12.4 Å². The molecule has 7 heteroatoms. The minimum Gasteiger partial charge on any atom is -0.322 e. The summed E-state index contributed by atoms with van der Waals surface area (Å²) in [6, 6.07) is 11.2. The predicted molar refractivity (Wildman–Crippen MR) is 118 cm³/mol. The van der Waals surface area contributed by atoms with Crippen molar-refractivity contribution < 1.29 is 4.79 Å². The van der Waals surface area contributed by atoms with Gasteiger partial charge in [0, 0.05) is 30.0 Å². The lowest BCUT2D eigenvalue weighted by molar-refractivity contribution is 0.102. The first kappa shape index (κ1) is 21.0. The van der Waals surface area contributed by atoms with Gasteiger partial charge in [0.1, 0.15) is 5.56 Å². The maximum Gasteiger partial charge on any atom is 0.263 e. The van der Waals surface area contributed by atoms with Gasteiger partial charge in [-0.15, -0.1) is 12.4 Å². The van der Waals surface area contributed by atoms with Crippen LogP contribution in [0.2, 0.25) is 0 Å². The van der Waals surface area contributed by atoms with Gasteiger partial charge in [0.25, 0.3) is 11.5 Å². The summed E-state index contributed by atoms with van der Waals surface area (Å²) in [7, 11) is 0. The van der Waals surface area contributed by atoms with E-state index in [0.29, 0.717) is 23.7 Å². The molecular formula is C22H25ClN4O2. The minimum absolute atomic E-state index is 0. The van der Waals surface area contributed by atoms with E-state index >= 15 is 0 Å². The van der Waals surface area contributed by atoms with E-state index in [-0.39, 0.29) is 29.4 Å². The zero-order chi connectivity index (χ0) is 19.5. The smallest absolute Gasteiger partial charge is 0.263 e. The molecule has 0 saturated carbocycles. The number of benzene rings is 1. The van der Waals surface area contributed by atoms with Crippen molar-refractivity contribution in [2.45, 2.75) is 26.3 Å². The van der Waals surface area contributed by atoms with Crippen molar-refractivity contribution in [3.63, 3.8) is 0 Å². The molecule has 29 heavy (non-hydrogen) atoms. The normalized spacial score (nSPS) is 16.2. The Morgan fingerprint density at radius 2 is 2.17 bits per heavy atom. The number of pyridine rings is 2. The molecule has 1 aromatic carbocycles. The molecule has 6 nitrogen and oxygen atoms in total. The quantitative estimate of drug-likeness (QED) is 0.688. The van der Waals surface area contributed by atoms with E-state index in [1.165, 1.54) is 0 Å². The van der Waals surface area contributed by atoms with E-state index in [4.69, 9.17) is 0 Å². The molecule has 1 atom stereocenters. The van der Waals surface area contributed by atoms with Crippen LogP contribution in [-0.4, -0.2) is 28.5 Å². The van der Waals surface area contributed by atoms with Crippen molar-refractivity contribution in [2.24, 2.45) is 5.92 Å². The highest BCUT2D eigenvalue weighted by Crippen LogP contribution is 2.18. The van der Waals surface area contributed by atoms with Crippen LogP contribution < -0.4 is 16.2 Å².